The van der Waals surface area contributed by atoms with E-state index in [1.165, 1.54) is 25.4 Å². The van der Waals surface area contributed by atoms with Crippen molar-refractivity contribution < 1.29 is 28.1 Å². The predicted octanol–water partition coefficient (Wildman–Crippen LogP) is 5.04. The van der Waals surface area contributed by atoms with E-state index < -0.39 is 17.5 Å². The van der Waals surface area contributed by atoms with Gasteiger partial charge in [-0.05, 0) is 65.7 Å². The van der Waals surface area contributed by atoms with Gasteiger partial charge in [0.2, 0.25) is 5.88 Å². The molecule has 4 aromatic heterocycles. The van der Waals surface area contributed by atoms with Crippen LogP contribution in [0.4, 0.5) is 9.18 Å². The van der Waals surface area contributed by atoms with Crippen LogP contribution in [0.15, 0.2) is 30.5 Å². The molecule has 0 saturated carbocycles. The molecule has 45 heavy (non-hydrogen) atoms. The number of rotatable bonds is 9. The number of hydrogen-bond donors (Lipinski definition) is 0. The average molecular weight is 621 g/mol. The molecule has 1 aliphatic rings. The van der Waals surface area contributed by atoms with Gasteiger partial charge in [-0.1, -0.05) is 5.21 Å². The van der Waals surface area contributed by atoms with Crippen LogP contribution in [-0.2, 0) is 9.47 Å². The fourth-order valence-electron chi connectivity index (χ4n) is 5.18. The lowest BCUT2D eigenvalue weighted by atomic mass is 10.0. The highest BCUT2D eigenvalue weighted by Gasteiger charge is 2.29. The first-order valence-corrected chi connectivity index (χ1v) is 14.8. The second-order valence-electron chi connectivity index (χ2n) is 11.8. The number of likely N-dealkylation sites (tertiary alicyclic amines) is 1. The molecule has 238 valence electrons. The highest BCUT2D eigenvalue weighted by atomic mass is 19.1. The van der Waals surface area contributed by atoms with Crippen molar-refractivity contribution in [2.24, 2.45) is 0 Å². The zero-order valence-electron chi connectivity index (χ0n) is 26.3. The van der Waals surface area contributed by atoms with Crippen LogP contribution in [0, 0.1) is 24.1 Å². The van der Waals surface area contributed by atoms with Gasteiger partial charge in [0.05, 0.1) is 30.2 Å². The molecule has 5 heterocycles. The number of carbonyl (C=O) groups is 1. The molecular formula is C31H37FN8O5. The summed E-state index contributed by atoms with van der Waals surface area (Å²) in [6.45, 7) is 10.8. The van der Waals surface area contributed by atoms with Crippen molar-refractivity contribution in [1.29, 1.82) is 5.26 Å². The summed E-state index contributed by atoms with van der Waals surface area (Å²) >= 11 is 0. The number of fused-ring (bicyclic) bond motifs is 1. The molecule has 1 amide bonds. The van der Waals surface area contributed by atoms with Gasteiger partial charge < -0.3 is 23.8 Å². The van der Waals surface area contributed by atoms with Crippen LogP contribution < -0.4 is 9.47 Å². The minimum atomic E-state index is -0.644. The molecule has 1 saturated heterocycles. The Bertz CT molecular complexity index is 1720. The Kier molecular flexibility index (Phi) is 9.19. The fourth-order valence-corrected chi connectivity index (χ4v) is 5.18. The SMILES string of the molecule is COCCOc1nc(C(C)Oc2cc(-c3nnn(C4CCN(C(=O)OC(C)(C)C)CC4)c3C)cc3ncc(C#N)n23)ccc1F. The largest absolute Gasteiger partial charge is 0.473 e. The van der Waals surface area contributed by atoms with Crippen LogP contribution in [-0.4, -0.2) is 79.4 Å². The van der Waals surface area contributed by atoms with Gasteiger partial charge in [0, 0.05) is 31.8 Å². The highest BCUT2D eigenvalue weighted by Crippen LogP contribution is 2.33. The van der Waals surface area contributed by atoms with Gasteiger partial charge in [0.15, 0.2) is 5.82 Å². The lowest BCUT2D eigenvalue weighted by molar-refractivity contribution is 0.0183. The number of imidazole rings is 1. The van der Waals surface area contributed by atoms with E-state index in [0.29, 0.717) is 54.4 Å². The monoisotopic (exact) mass is 620 g/mol. The third-order valence-electron chi connectivity index (χ3n) is 7.43. The number of pyridine rings is 2. The Morgan fingerprint density at radius 2 is 1.96 bits per heavy atom. The van der Waals surface area contributed by atoms with Gasteiger partial charge >= 0.3 is 6.09 Å². The Balaban J connectivity index is 1.39. The summed E-state index contributed by atoms with van der Waals surface area (Å²) in [5, 5.41) is 18.7. The number of nitrogens with zero attached hydrogens (tertiary/aromatic N) is 8. The summed E-state index contributed by atoms with van der Waals surface area (Å²) < 4.78 is 40.1. The molecule has 0 N–H and O–H groups in total. The lowest BCUT2D eigenvalue weighted by Crippen LogP contribution is -2.42. The van der Waals surface area contributed by atoms with E-state index in [-0.39, 0.29) is 36.9 Å². The molecule has 0 aromatic carbocycles. The summed E-state index contributed by atoms with van der Waals surface area (Å²) in [5.74, 6) is -0.415. The van der Waals surface area contributed by atoms with Crippen molar-refractivity contribution in [2.45, 2.75) is 65.2 Å². The number of carbonyl (C=O) groups excluding carboxylic acids is 1. The Labute approximate surface area is 260 Å². The molecule has 0 radical (unpaired) electrons. The summed E-state index contributed by atoms with van der Waals surface area (Å²) in [7, 11) is 1.53. The van der Waals surface area contributed by atoms with Crippen molar-refractivity contribution in [3.8, 4) is 29.1 Å². The predicted molar refractivity (Wildman–Crippen MR) is 160 cm³/mol. The Morgan fingerprint density at radius 1 is 1.20 bits per heavy atom. The number of halogens is 1. The molecule has 1 aliphatic heterocycles. The van der Waals surface area contributed by atoms with Gasteiger partial charge in [-0.15, -0.1) is 5.10 Å². The van der Waals surface area contributed by atoms with Crippen LogP contribution in [0.2, 0.25) is 0 Å². The van der Waals surface area contributed by atoms with Crippen LogP contribution in [0.1, 0.15) is 69.8 Å². The molecule has 14 heteroatoms. The zero-order chi connectivity index (χ0) is 32.3. The average Bonchev–Trinajstić information content (AvgIpc) is 3.60. The highest BCUT2D eigenvalue weighted by molar-refractivity contribution is 5.69. The van der Waals surface area contributed by atoms with E-state index in [0.717, 1.165) is 5.69 Å². The quantitative estimate of drug-likeness (QED) is 0.234. The minimum Gasteiger partial charge on any atom is -0.473 e. The van der Waals surface area contributed by atoms with Gasteiger partial charge in [-0.3, -0.25) is 4.40 Å². The van der Waals surface area contributed by atoms with Crippen molar-refractivity contribution in [2.75, 3.05) is 33.4 Å². The number of piperidine rings is 1. The van der Waals surface area contributed by atoms with E-state index in [4.69, 9.17) is 18.9 Å². The van der Waals surface area contributed by atoms with Crippen molar-refractivity contribution >= 4 is 11.7 Å². The second kappa shape index (κ2) is 13.1. The molecule has 1 unspecified atom stereocenters. The topological polar surface area (TPSA) is 142 Å². The number of nitriles is 1. The van der Waals surface area contributed by atoms with Crippen LogP contribution in [0.25, 0.3) is 16.9 Å². The van der Waals surface area contributed by atoms with E-state index in [1.807, 2.05) is 38.4 Å². The smallest absolute Gasteiger partial charge is 0.410 e. The summed E-state index contributed by atoms with van der Waals surface area (Å²) in [6.07, 6.45) is 1.93. The number of ether oxygens (including phenoxy) is 4. The van der Waals surface area contributed by atoms with Crippen molar-refractivity contribution in [3.63, 3.8) is 0 Å². The van der Waals surface area contributed by atoms with Crippen LogP contribution >= 0.6 is 0 Å². The van der Waals surface area contributed by atoms with Gasteiger partial charge in [0.1, 0.15) is 41.4 Å². The first-order valence-electron chi connectivity index (χ1n) is 14.8. The number of amides is 1. The molecule has 5 rings (SSSR count). The van der Waals surface area contributed by atoms with Crippen molar-refractivity contribution in [1.82, 2.24) is 34.3 Å². The molecule has 1 fully saturated rings. The summed E-state index contributed by atoms with van der Waals surface area (Å²) in [4.78, 5) is 23.0. The van der Waals surface area contributed by atoms with Crippen molar-refractivity contribution in [3.05, 3.63) is 53.4 Å². The molecule has 0 spiro atoms. The number of methoxy groups -OCH3 is 1. The molecule has 4 aromatic rings. The summed E-state index contributed by atoms with van der Waals surface area (Å²) in [5.41, 5.74) is 2.84. The van der Waals surface area contributed by atoms with E-state index in [9.17, 15) is 14.4 Å². The third-order valence-corrected chi connectivity index (χ3v) is 7.43. The lowest BCUT2D eigenvalue weighted by Gasteiger charge is -2.33. The standard InChI is InChI=1S/C31H37FN8O5/c1-19-28(36-37-40(19)22-9-11-38(12-10-22)30(41)45-31(3,4)5)21-15-26-34-18-23(17-33)39(26)27(16-21)44-20(2)25-8-7-24(32)29(35-25)43-14-13-42-6/h7-8,15-16,18,20,22H,9-14H2,1-6H3. The molecular weight excluding hydrogens is 583 g/mol. The molecule has 13 nitrogen and oxygen atoms in total. The summed E-state index contributed by atoms with van der Waals surface area (Å²) in [6, 6.07) is 8.60. The minimum absolute atomic E-state index is 0.0610. The maximum atomic E-state index is 14.3. The molecule has 0 bridgehead atoms. The second-order valence-corrected chi connectivity index (χ2v) is 11.8. The van der Waals surface area contributed by atoms with Crippen LogP contribution in [0.3, 0.4) is 0 Å². The first kappa shape index (κ1) is 31.6. The Morgan fingerprint density at radius 3 is 2.64 bits per heavy atom. The maximum absolute atomic E-state index is 14.3. The normalized spacial score (nSPS) is 14.8. The first-order chi connectivity index (χ1) is 21.5. The number of aromatic nitrogens is 6. The third kappa shape index (κ3) is 6.99. The Hall–Kier alpha value is -4.77. The van der Waals surface area contributed by atoms with E-state index >= 15 is 0 Å². The zero-order valence-corrected chi connectivity index (χ0v) is 26.3. The van der Waals surface area contributed by atoms with Crippen LogP contribution in [0.5, 0.6) is 11.8 Å². The fraction of sp³-hybridized carbons (Fsp3) is 0.484. The molecule has 1 atom stereocenters. The van der Waals surface area contributed by atoms with E-state index in [1.54, 1.807) is 22.3 Å². The molecule has 0 aliphatic carbocycles. The number of hydrogen-bond acceptors (Lipinski definition) is 10. The van der Waals surface area contributed by atoms with Gasteiger partial charge in [-0.25, -0.2) is 23.8 Å². The van der Waals surface area contributed by atoms with Gasteiger partial charge in [0.25, 0.3) is 5.88 Å². The van der Waals surface area contributed by atoms with Gasteiger partial charge in [-0.2, -0.15) is 5.26 Å². The van der Waals surface area contributed by atoms with E-state index in [2.05, 4.69) is 26.3 Å². The maximum Gasteiger partial charge on any atom is 0.410 e.